The van der Waals surface area contributed by atoms with Gasteiger partial charge in [0.2, 0.25) is 5.43 Å². The molecule has 0 radical (unpaired) electrons. The molecule has 3 heterocycles. The average molecular weight is 392 g/mol. The van der Waals surface area contributed by atoms with E-state index in [9.17, 15) is 14.4 Å². The largest absolute Gasteiger partial charge is 0.459 e. The number of piperazine rings is 1. The molecule has 2 amide bonds. The van der Waals surface area contributed by atoms with Crippen LogP contribution in [-0.2, 0) is 0 Å². The third kappa shape index (κ3) is 3.69. The number of aromatic nitrogens is 2. The summed E-state index contributed by atoms with van der Waals surface area (Å²) in [6.45, 7) is 3.15. The number of furan rings is 1. The lowest BCUT2D eigenvalue weighted by Gasteiger charge is -2.34. The Morgan fingerprint density at radius 3 is 2.21 bits per heavy atom. The molecule has 1 aliphatic heterocycles. The number of rotatable bonds is 3. The quantitative estimate of drug-likeness (QED) is 0.677. The highest BCUT2D eigenvalue weighted by molar-refractivity contribution is 5.93. The molecule has 1 fully saturated rings. The van der Waals surface area contributed by atoms with Crippen molar-refractivity contribution < 1.29 is 14.0 Å². The number of carbonyl (C=O) groups excluding carboxylic acids is 2. The first-order valence-electron chi connectivity index (χ1n) is 9.33. The van der Waals surface area contributed by atoms with Gasteiger partial charge in [-0.25, -0.2) is 4.68 Å². The Hall–Kier alpha value is -3.68. The van der Waals surface area contributed by atoms with Crippen molar-refractivity contribution in [3.05, 3.63) is 82.2 Å². The van der Waals surface area contributed by atoms with Gasteiger partial charge < -0.3 is 14.2 Å². The molecule has 3 aromatic rings. The van der Waals surface area contributed by atoms with Gasteiger partial charge in [-0.3, -0.25) is 14.4 Å². The lowest BCUT2D eigenvalue weighted by Crippen LogP contribution is -2.51. The van der Waals surface area contributed by atoms with Crippen molar-refractivity contribution in [3.63, 3.8) is 0 Å². The molecular formula is C21H20N4O4. The van der Waals surface area contributed by atoms with Crippen LogP contribution in [0.3, 0.4) is 0 Å². The maximum absolute atomic E-state index is 12.9. The zero-order valence-corrected chi connectivity index (χ0v) is 15.9. The number of aryl methyl sites for hydroxylation is 1. The van der Waals surface area contributed by atoms with Crippen LogP contribution < -0.4 is 5.43 Å². The first-order chi connectivity index (χ1) is 14.0. The first-order valence-corrected chi connectivity index (χ1v) is 9.33. The maximum Gasteiger partial charge on any atom is 0.289 e. The van der Waals surface area contributed by atoms with Crippen molar-refractivity contribution in [1.82, 2.24) is 19.6 Å². The van der Waals surface area contributed by atoms with E-state index < -0.39 is 11.3 Å². The summed E-state index contributed by atoms with van der Waals surface area (Å²) in [6, 6.07) is 14.0. The molecule has 0 saturated carbocycles. The van der Waals surface area contributed by atoms with Crippen LogP contribution in [0.4, 0.5) is 0 Å². The van der Waals surface area contributed by atoms with E-state index in [4.69, 9.17) is 4.42 Å². The van der Waals surface area contributed by atoms with Crippen LogP contribution in [0, 0.1) is 6.92 Å². The number of carbonyl (C=O) groups is 2. The minimum absolute atomic E-state index is 0.120. The minimum atomic E-state index is -0.426. The van der Waals surface area contributed by atoms with E-state index in [2.05, 4.69) is 5.10 Å². The lowest BCUT2D eigenvalue weighted by molar-refractivity contribution is 0.0513. The summed E-state index contributed by atoms with van der Waals surface area (Å²) in [5, 5.41) is 4.33. The standard InChI is InChI=1S/C21H20N4O4/c1-15-14-17(26)19(22-25(15)16-6-3-2-4-7-16)21(28)24-11-9-23(10-12-24)20(27)18-8-5-13-29-18/h2-8,13-14H,9-12H2,1H3. The Balaban J connectivity index is 1.52. The molecule has 0 atom stereocenters. The average Bonchev–Trinajstić information content (AvgIpc) is 3.28. The SMILES string of the molecule is Cc1cc(=O)c(C(=O)N2CCN(C(=O)c3ccco3)CC2)nn1-c1ccccc1. The summed E-state index contributed by atoms with van der Waals surface area (Å²) < 4.78 is 6.74. The lowest BCUT2D eigenvalue weighted by atomic mass is 10.2. The number of benzene rings is 1. The van der Waals surface area contributed by atoms with Crippen LogP contribution in [0.1, 0.15) is 26.7 Å². The molecule has 2 aromatic heterocycles. The van der Waals surface area contributed by atoms with Gasteiger partial charge >= 0.3 is 0 Å². The summed E-state index contributed by atoms with van der Waals surface area (Å²) in [4.78, 5) is 40.9. The second-order valence-corrected chi connectivity index (χ2v) is 6.81. The monoisotopic (exact) mass is 392 g/mol. The molecule has 8 nitrogen and oxygen atoms in total. The Kier molecular flexibility index (Phi) is 4.99. The molecule has 4 rings (SSSR count). The van der Waals surface area contributed by atoms with Crippen molar-refractivity contribution in [3.8, 4) is 5.69 Å². The number of hydrogen-bond donors (Lipinski definition) is 0. The summed E-state index contributed by atoms with van der Waals surface area (Å²) in [5.41, 5.74) is 0.888. The van der Waals surface area contributed by atoms with Crippen molar-refractivity contribution in [1.29, 1.82) is 0 Å². The van der Waals surface area contributed by atoms with Gasteiger partial charge in [0.05, 0.1) is 12.0 Å². The predicted molar refractivity (Wildman–Crippen MR) is 105 cm³/mol. The van der Waals surface area contributed by atoms with Crippen molar-refractivity contribution in [2.24, 2.45) is 0 Å². The topological polar surface area (TPSA) is 88.7 Å². The van der Waals surface area contributed by atoms with Crippen molar-refractivity contribution in [2.75, 3.05) is 26.2 Å². The number of para-hydroxylation sites is 1. The van der Waals surface area contributed by atoms with E-state index in [0.29, 0.717) is 31.9 Å². The highest BCUT2D eigenvalue weighted by atomic mass is 16.3. The molecule has 1 aromatic carbocycles. The molecule has 0 unspecified atom stereocenters. The third-order valence-corrected chi connectivity index (χ3v) is 4.90. The van der Waals surface area contributed by atoms with Gasteiger partial charge in [-0.1, -0.05) is 18.2 Å². The molecule has 29 heavy (non-hydrogen) atoms. The number of hydrogen-bond acceptors (Lipinski definition) is 5. The molecule has 8 heteroatoms. The predicted octanol–water partition coefficient (Wildman–Crippen LogP) is 1.73. The van der Waals surface area contributed by atoms with Gasteiger partial charge in [0, 0.05) is 37.9 Å². The normalized spacial score (nSPS) is 14.1. The fraction of sp³-hybridized carbons (Fsp3) is 0.238. The zero-order chi connectivity index (χ0) is 20.4. The van der Waals surface area contributed by atoms with Gasteiger partial charge in [-0.2, -0.15) is 5.10 Å². The summed E-state index contributed by atoms with van der Waals surface area (Å²) in [6.07, 6.45) is 1.45. The van der Waals surface area contributed by atoms with Gasteiger partial charge in [-0.05, 0) is 31.2 Å². The molecule has 0 aliphatic carbocycles. The van der Waals surface area contributed by atoms with Gasteiger partial charge in [0.25, 0.3) is 11.8 Å². The van der Waals surface area contributed by atoms with Crippen molar-refractivity contribution in [2.45, 2.75) is 6.92 Å². The van der Waals surface area contributed by atoms with Crippen LogP contribution in [0.15, 0.2) is 64.0 Å². The molecule has 1 saturated heterocycles. The smallest absolute Gasteiger partial charge is 0.289 e. The first kappa shape index (κ1) is 18.7. The Morgan fingerprint density at radius 2 is 1.59 bits per heavy atom. The Labute approximate surface area is 167 Å². The minimum Gasteiger partial charge on any atom is -0.459 e. The maximum atomic E-state index is 12.9. The molecular weight excluding hydrogens is 372 g/mol. The number of nitrogens with zero attached hydrogens (tertiary/aromatic N) is 4. The molecule has 0 spiro atoms. The Morgan fingerprint density at radius 1 is 0.931 bits per heavy atom. The summed E-state index contributed by atoms with van der Waals surface area (Å²) in [5.74, 6) is -0.359. The molecule has 1 aliphatic rings. The van der Waals surface area contributed by atoms with Gasteiger partial charge in [0.1, 0.15) is 0 Å². The van der Waals surface area contributed by atoms with Gasteiger partial charge in [-0.15, -0.1) is 0 Å². The van der Waals surface area contributed by atoms with Gasteiger partial charge in [0.15, 0.2) is 11.5 Å². The fourth-order valence-corrected chi connectivity index (χ4v) is 3.34. The van der Waals surface area contributed by atoms with E-state index in [1.54, 1.807) is 33.5 Å². The Bertz CT molecular complexity index is 1080. The molecule has 148 valence electrons. The molecule has 0 bridgehead atoms. The van der Waals surface area contributed by atoms with Crippen molar-refractivity contribution >= 4 is 11.8 Å². The van der Waals surface area contributed by atoms with E-state index in [-0.39, 0.29) is 17.4 Å². The third-order valence-electron chi connectivity index (χ3n) is 4.90. The fourth-order valence-electron chi connectivity index (χ4n) is 3.34. The van der Waals surface area contributed by atoms with Crippen LogP contribution in [0.2, 0.25) is 0 Å². The molecule has 0 N–H and O–H groups in total. The van der Waals surface area contributed by atoms with E-state index in [1.165, 1.54) is 12.3 Å². The van der Waals surface area contributed by atoms with E-state index >= 15 is 0 Å². The number of amides is 2. The second-order valence-electron chi connectivity index (χ2n) is 6.81. The van der Waals surface area contributed by atoms with Crippen LogP contribution >= 0.6 is 0 Å². The summed E-state index contributed by atoms with van der Waals surface area (Å²) >= 11 is 0. The van der Waals surface area contributed by atoms with Crippen LogP contribution in [0.25, 0.3) is 5.69 Å². The van der Waals surface area contributed by atoms with Crippen LogP contribution in [-0.4, -0.2) is 57.6 Å². The highest BCUT2D eigenvalue weighted by Gasteiger charge is 2.28. The second kappa shape index (κ2) is 7.75. The van der Waals surface area contributed by atoms with Crippen LogP contribution in [0.5, 0.6) is 0 Å². The van der Waals surface area contributed by atoms with E-state index in [0.717, 1.165) is 5.69 Å². The summed E-state index contributed by atoms with van der Waals surface area (Å²) in [7, 11) is 0. The zero-order valence-electron chi connectivity index (χ0n) is 15.9. The van der Waals surface area contributed by atoms with E-state index in [1.807, 2.05) is 30.3 Å². The highest BCUT2D eigenvalue weighted by Crippen LogP contribution is 2.12.